The van der Waals surface area contributed by atoms with E-state index in [4.69, 9.17) is 37.4 Å². The van der Waals surface area contributed by atoms with E-state index in [9.17, 15) is 10.1 Å². The predicted octanol–water partition coefficient (Wildman–Crippen LogP) is 9.01. The van der Waals surface area contributed by atoms with Crippen LogP contribution >= 0.6 is 23.2 Å². The Morgan fingerprint density at radius 2 is 1.96 bits per heavy atom. The van der Waals surface area contributed by atoms with Crippen molar-refractivity contribution in [3.63, 3.8) is 0 Å². The highest BCUT2D eigenvalue weighted by molar-refractivity contribution is 6.43. The molecule has 12 heteroatoms. The number of pyridine rings is 1. The number of nitrogens with zero attached hydrogens (tertiary/aromatic N) is 5. The molecule has 0 radical (unpaired) electrons. The molecule has 5 fully saturated rings. The molecule has 1 amide bonds. The summed E-state index contributed by atoms with van der Waals surface area (Å²) in [5, 5.41) is 20.7. The third kappa shape index (κ3) is 5.35. The minimum Gasteiger partial charge on any atom is -0.370 e. The van der Waals surface area contributed by atoms with Gasteiger partial charge in [0.1, 0.15) is 11.2 Å². The Kier molecular flexibility index (Phi) is 8.22. The molecular formula is C42H37Cl2FN6O3. The minimum atomic E-state index is -0.487. The second-order valence-electron chi connectivity index (χ2n) is 15.4. The zero-order chi connectivity index (χ0) is 36.8. The van der Waals surface area contributed by atoms with Crippen LogP contribution in [0.3, 0.4) is 0 Å². The van der Waals surface area contributed by atoms with Crippen LogP contribution < -0.4 is 5.32 Å². The van der Waals surface area contributed by atoms with E-state index in [1.165, 1.54) is 0 Å². The zero-order valence-corrected chi connectivity index (χ0v) is 31.1. The highest BCUT2D eigenvalue weighted by Gasteiger charge is 2.51. The van der Waals surface area contributed by atoms with Gasteiger partial charge in [0.25, 0.3) is 0 Å². The van der Waals surface area contributed by atoms with Crippen molar-refractivity contribution in [1.29, 1.82) is 5.26 Å². The Morgan fingerprint density at radius 1 is 1.11 bits per heavy atom. The standard InChI is InChI=1S/C42H37Cl2FN6O3/c1-21-28-17-34(33-16-25(19-50(33)42(52)22-11-12-22)53-20-32-26-7-2-3-10-35(26)54-49-32)51(40-24-15-31(40)47-18-24)41(28)29-14-23(6-5-13-46)36(38(45)39(29)48-21)27-8-4-9-30(43)37(27)44/h2-4,7-10,14,17,22,24-25,31,33,40,47H,5-6,11-12,15-16,18-20H2,1H3/t24-,25+,31-,33-,40+/m1/s1. The van der Waals surface area contributed by atoms with Crippen LogP contribution in [0.25, 0.3) is 43.9 Å². The molecule has 3 saturated heterocycles. The number of hydrogen-bond donors (Lipinski definition) is 1. The van der Waals surface area contributed by atoms with Crippen molar-refractivity contribution in [2.24, 2.45) is 11.8 Å². The summed E-state index contributed by atoms with van der Waals surface area (Å²) in [6, 6.07) is 19.5. The molecule has 11 rings (SSSR count). The van der Waals surface area contributed by atoms with Crippen molar-refractivity contribution in [2.75, 3.05) is 13.1 Å². The average Bonchev–Trinajstić information content (AvgIpc) is 3.60. The van der Waals surface area contributed by atoms with Gasteiger partial charge >= 0.3 is 0 Å². The molecule has 274 valence electrons. The SMILES string of the molecule is Cc1nc2c(F)c(-c3cccc(Cl)c3Cl)c(CCC#N)cc2c2c1cc([C@H]1C[C@H](OCc3noc4ccccc34)CN1C(=O)C1CC1)n2[C@H]1[C@H]2CN[C@@H]1C2. The van der Waals surface area contributed by atoms with E-state index < -0.39 is 5.82 Å². The third-order valence-corrected chi connectivity index (χ3v) is 13.0. The van der Waals surface area contributed by atoms with Crippen molar-refractivity contribution in [3.8, 4) is 17.2 Å². The van der Waals surface area contributed by atoms with Gasteiger partial charge in [0.15, 0.2) is 11.4 Å². The Bertz CT molecular complexity index is 2540. The molecule has 2 bridgehead atoms. The summed E-state index contributed by atoms with van der Waals surface area (Å²) < 4.78 is 31.7. The lowest BCUT2D eigenvalue weighted by Crippen LogP contribution is -2.41. The van der Waals surface area contributed by atoms with E-state index in [2.05, 4.69) is 27.2 Å². The monoisotopic (exact) mass is 762 g/mol. The first kappa shape index (κ1) is 34.0. The van der Waals surface area contributed by atoms with Crippen LogP contribution in [0, 0.1) is 35.9 Å². The molecule has 6 aromatic rings. The lowest BCUT2D eigenvalue weighted by Gasteiger charge is -2.39. The second-order valence-corrected chi connectivity index (χ2v) is 16.1. The molecule has 6 heterocycles. The van der Waals surface area contributed by atoms with E-state index >= 15 is 4.39 Å². The van der Waals surface area contributed by atoms with Crippen LogP contribution in [0.15, 0.2) is 59.1 Å². The highest BCUT2D eigenvalue weighted by Crippen LogP contribution is 2.51. The Morgan fingerprint density at radius 3 is 2.74 bits per heavy atom. The predicted molar refractivity (Wildman–Crippen MR) is 205 cm³/mol. The maximum Gasteiger partial charge on any atom is 0.226 e. The Labute approximate surface area is 320 Å². The number of halogens is 3. The summed E-state index contributed by atoms with van der Waals surface area (Å²) in [6.45, 7) is 3.58. The van der Waals surface area contributed by atoms with Crippen LogP contribution in [-0.4, -0.2) is 50.8 Å². The van der Waals surface area contributed by atoms with Crippen LogP contribution in [-0.2, 0) is 22.6 Å². The molecule has 2 saturated carbocycles. The number of ether oxygens (including phenoxy) is 1. The van der Waals surface area contributed by atoms with E-state index in [0.717, 1.165) is 53.5 Å². The number of aryl methyl sites for hydroxylation is 2. The van der Waals surface area contributed by atoms with Crippen LogP contribution in [0.2, 0.25) is 10.0 Å². The number of nitrogens with one attached hydrogen (secondary N) is 1. The van der Waals surface area contributed by atoms with Gasteiger partial charge in [-0.15, -0.1) is 0 Å². The normalized spacial score (nSPS) is 23.5. The molecule has 3 aromatic carbocycles. The van der Waals surface area contributed by atoms with Gasteiger partial charge in [-0.1, -0.05) is 52.6 Å². The first-order valence-corrected chi connectivity index (χ1v) is 19.5. The van der Waals surface area contributed by atoms with Gasteiger partial charge in [0.2, 0.25) is 5.91 Å². The Balaban J connectivity index is 1.13. The van der Waals surface area contributed by atoms with Crippen molar-refractivity contribution < 1.29 is 18.4 Å². The summed E-state index contributed by atoms with van der Waals surface area (Å²) in [4.78, 5) is 21.0. The van der Waals surface area contributed by atoms with E-state index in [-0.39, 0.29) is 59.6 Å². The second kappa shape index (κ2) is 13.1. The number of likely N-dealkylation sites (tertiary alicyclic amines) is 1. The molecule has 9 nitrogen and oxygen atoms in total. The van der Waals surface area contributed by atoms with Gasteiger partial charge in [-0.3, -0.25) is 4.79 Å². The number of hydrogen-bond acceptors (Lipinski definition) is 7. The molecule has 5 aliphatic rings. The summed E-state index contributed by atoms with van der Waals surface area (Å²) in [5.74, 6) is 0.112. The fourth-order valence-electron chi connectivity index (χ4n) is 9.34. The summed E-state index contributed by atoms with van der Waals surface area (Å²) >= 11 is 13.1. The van der Waals surface area contributed by atoms with E-state index in [0.29, 0.717) is 63.7 Å². The first-order valence-electron chi connectivity index (χ1n) is 18.8. The molecule has 5 atom stereocenters. The van der Waals surface area contributed by atoms with E-state index in [1.807, 2.05) is 42.2 Å². The van der Waals surface area contributed by atoms with Gasteiger partial charge < -0.3 is 24.0 Å². The summed E-state index contributed by atoms with van der Waals surface area (Å²) in [6.07, 6.45) is 3.79. The number of carbonyl (C=O) groups is 1. The Hall–Kier alpha value is -4.53. The lowest BCUT2D eigenvalue weighted by molar-refractivity contribution is -0.134. The molecule has 1 N–H and O–H groups in total. The minimum absolute atomic E-state index is 0.0304. The largest absolute Gasteiger partial charge is 0.370 e. The number of fused-ring (bicyclic) bond motifs is 5. The maximum atomic E-state index is 17.2. The number of para-hydroxylation sites is 1. The smallest absolute Gasteiger partial charge is 0.226 e. The highest BCUT2D eigenvalue weighted by atomic mass is 35.5. The molecular weight excluding hydrogens is 726 g/mol. The number of aromatic nitrogens is 3. The first-order chi connectivity index (χ1) is 26.3. The fraction of sp³-hybridized carbons (Fsp3) is 0.381. The summed E-state index contributed by atoms with van der Waals surface area (Å²) in [7, 11) is 0. The maximum absolute atomic E-state index is 17.2. The quantitative estimate of drug-likeness (QED) is 0.157. The molecule has 54 heavy (non-hydrogen) atoms. The van der Waals surface area contributed by atoms with Gasteiger partial charge in [-0.25, -0.2) is 9.37 Å². The molecule has 2 aliphatic carbocycles. The number of benzene rings is 3. The molecule has 0 spiro atoms. The van der Waals surface area contributed by atoms with E-state index in [1.54, 1.807) is 18.2 Å². The van der Waals surface area contributed by atoms with Gasteiger partial charge in [0, 0.05) is 76.6 Å². The van der Waals surface area contributed by atoms with Crippen LogP contribution in [0.4, 0.5) is 4.39 Å². The molecule has 3 aromatic heterocycles. The van der Waals surface area contributed by atoms with Gasteiger partial charge in [-0.2, -0.15) is 5.26 Å². The zero-order valence-electron chi connectivity index (χ0n) is 29.6. The molecule has 3 aliphatic heterocycles. The van der Waals surface area contributed by atoms with Crippen molar-refractivity contribution in [3.05, 3.63) is 93.1 Å². The van der Waals surface area contributed by atoms with Crippen molar-refractivity contribution >= 4 is 61.9 Å². The van der Waals surface area contributed by atoms with Crippen molar-refractivity contribution in [2.45, 2.75) is 76.3 Å². The number of rotatable bonds is 9. The average molecular weight is 764 g/mol. The van der Waals surface area contributed by atoms with Crippen LogP contribution in [0.5, 0.6) is 0 Å². The lowest BCUT2D eigenvalue weighted by atomic mass is 9.79. The molecule has 0 unspecified atom stereocenters. The van der Waals surface area contributed by atoms with Gasteiger partial charge in [0.05, 0.1) is 46.4 Å². The topological polar surface area (TPSA) is 109 Å². The third-order valence-electron chi connectivity index (χ3n) is 12.2. The van der Waals surface area contributed by atoms with Crippen molar-refractivity contribution in [1.82, 2.24) is 24.9 Å². The van der Waals surface area contributed by atoms with Crippen LogP contribution in [0.1, 0.15) is 66.8 Å². The number of amides is 1. The summed E-state index contributed by atoms with van der Waals surface area (Å²) in [5.41, 5.74) is 5.79. The fourth-order valence-corrected chi connectivity index (χ4v) is 9.74. The van der Waals surface area contributed by atoms with Gasteiger partial charge in [-0.05, 0) is 74.4 Å². The number of nitriles is 1. The number of carbonyl (C=O) groups excluding carboxylic acids is 1.